The maximum Gasteiger partial charge on any atom is 0.336 e. The van der Waals surface area contributed by atoms with Gasteiger partial charge < -0.3 is 9.47 Å². The topological polar surface area (TPSA) is 52.6 Å². The number of benzene rings is 1. The summed E-state index contributed by atoms with van der Waals surface area (Å²) in [5.41, 5.74) is 0. The predicted octanol–water partition coefficient (Wildman–Crippen LogP) is 4.44. The van der Waals surface area contributed by atoms with Gasteiger partial charge >= 0.3 is 11.9 Å². The molecule has 126 valence electrons. The van der Waals surface area contributed by atoms with Crippen LogP contribution in [0.4, 0.5) is 0 Å². The van der Waals surface area contributed by atoms with Crippen LogP contribution in [0.2, 0.25) is 0 Å². The molecule has 0 saturated carbocycles. The Kier molecular flexibility index (Phi) is 10.3. The number of carbonyl (C=O) groups is 2. The van der Waals surface area contributed by atoms with Crippen LogP contribution in [0.5, 0.6) is 5.75 Å². The molecule has 0 unspecified atom stereocenters. The fourth-order valence-electron chi connectivity index (χ4n) is 2.05. The van der Waals surface area contributed by atoms with Crippen molar-refractivity contribution in [3.05, 3.63) is 42.5 Å². The van der Waals surface area contributed by atoms with Gasteiger partial charge in [0.25, 0.3) is 0 Å². The van der Waals surface area contributed by atoms with E-state index in [2.05, 4.69) is 6.92 Å². The Bertz CT molecular complexity index is 479. The van der Waals surface area contributed by atoms with Crippen molar-refractivity contribution in [2.45, 2.75) is 51.9 Å². The van der Waals surface area contributed by atoms with Crippen molar-refractivity contribution < 1.29 is 19.1 Å². The maximum absolute atomic E-state index is 11.5. The molecule has 0 heterocycles. The van der Waals surface area contributed by atoms with Crippen molar-refractivity contribution in [3.63, 3.8) is 0 Å². The minimum Gasteiger partial charge on any atom is -0.463 e. The fourth-order valence-corrected chi connectivity index (χ4v) is 2.05. The molecule has 0 radical (unpaired) electrons. The van der Waals surface area contributed by atoms with Crippen LogP contribution >= 0.6 is 0 Å². The zero-order valence-electron chi connectivity index (χ0n) is 13.8. The van der Waals surface area contributed by atoms with Crippen LogP contribution in [-0.4, -0.2) is 18.5 Å². The molecule has 0 amide bonds. The molecule has 0 N–H and O–H groups in total. The minimum absolute atomic E-state index is 0.394. The second kappa shape index (κ2) is 12.4. The first-order valence-corrected chi connectivity index (χ1v) is 8.34. The Morgan fingerprint density at radius 1 is 0.870 bits per heavy atom. The first kappa shape index (κ1) is 18.9. The third-order valence-corrected chi connectivity index (χ3v) is 3.31. The fraction of sp³-hybridized carbons (Fsp3) is 0.474. The first-order valence-electron chi connectivity index (χ1n) is 8.34. The Morgan fingerprint density at radius 3 is 2.17 bits per heavy atom. The van der Waals surface area contributed by atoms with Crippen LogP contribution in [0.15, 0.2) is 42.5 Å². The molecule has 1 rings (SSSR count). The number of rotatable bonds is 11. The molecule has 0 aromatic heterocycles. The molecule has 0 aliphatic carbocycles. The van der Waals surface area contributed by atoms with Gasteiger partial charge in [0.15, 0.2) is 0 Å². The van der Waals surface area contributed by atoms with Crippen molar-refractivity contribution in [1.29, 1.82) is 0 Å². The van der Waals surface area contributed by atoms with E-state index in [0.29, 0.717) is 12.4 Å². The minimum atomic E-state index is -0.593. The highest BCUT2D eigenvalue weighted by molar-refractivity contribution is 5.92. The van der Waals surface area contributed by atoms with Crippen molar-refractivity contribution in [2.24, 2.45) is 0 Å². The van der Waals surface area contributed by atoms with E-state index in [1.165, 1.54) is 32.1 Å². The van der Waals surface area contributed by atoms with Gasteiger partial charge in [0.2, 0.25) is 0 Å². The molecule has 0 bridgehead atoms. The van der Waals surface area contributed by atoms with Gasteiger partial charge in [-0.2, -0.15) is 0 Å². The summed E-state index contributed by atoms with van der Waals surface area (Å²) in [6, 6.07) is 8.70. The third kappa shape index (κ3) is 10.3. The average molecular weight is 318 g/mol. The smallest absolute Gasteiger partial charge is 0.336 e. The highest BCUT2D eigenvalue weighted by atomic mass is 16.5. The molecule has 0 atom stereocenters. The van der Waals surface area contributed by atoms with Gasteiger partial charge in [0, 0.05) is 12.2 Å². The number of hydrogen-bond acceptors (Lipinski definition) is 4. The molecule has 0 aliphatic heterocycles. The Morgan fingerprint density at radius 2 is 1.48 bits per heavy atom. The second-order valence-electron chi connectivity index (χ2n) is 5.36. The lowest BCUT2D eigenvalue weighted by Gasteiger charge is -2.02. The molecule has 0 aliphatic rings. The SMILES string of the molecule is CCCCCCCCCOC(=O)/C=C\C(=O)Oc1ccccc1. The summed E-state index contributed by atoms with van der Waals surface area (Å²) in [5.74, 6) is -0.663. The van der Waals surface area contributed by atoms with E-state index in [1.54, 1.807) is 24.3 Å². The molecular formula is C19H26O4. The predicted molar refractivity (Wildman–Crippen MR) is 90.2 cm³/mol. The van der Waals surface area contributed by atoms with Crippen LogP contribution in [0, 0.1) is 0 Å². The van der Waals surface area contributed by atoms with Gasteiger partial charge in [-0.3, -0.25) is 0 Å². The number of ether oxygens (including phenoxy) is 2. The zero-order valence-corrected chi connectivity index (χ0v) is 13.8. The Balaban J connectivity index is 2.07. The van der Waals surface area contributed by atoms with Gasteiger partial charge in [-0.05, 0) is 18.6 Å². The molecular weight excluding hydrogens is 292 g/mol. The highest BCUT2D eigenvalue weighted by Gasteiger charge is 2.02. The molecule has 0 saturated heterocycles. The Hall–Kier alpha value is -2.10. The van der Waals surface area contributed by atoms with Gasteiger partial charge in [-0.15, -0.1) is 0 Å². The summed E-state index contributed by atoms with van der Waals surface area (Å²) in [6.07, 6.45) is 10.4. The molecule has 4 nitrogen and oxygen atoms in total. The first-order chi connectivity index (χ1) is 11.2. The summed E-state index contributed by atoms with van der Waals surface area (Å²) >= 11 is 0. The van der Waals surface area contributed by atoms with Gasteiger partial charge in [0.05, 0.1) is 6.61 Å². The molecule has 1 aromatic rings. The van der Waals surface area contributed by atoms with Crippen LogP contribution in [0.3, 0.4) is 0 Å². The quantitative estimate of drug-likeness (QED) is 0.262. The number of hydrogen-bond donors (Lipinski definition) is 0. The van der Waals surface area contributed by atoms with Crippen molar-refractivity contribution in [2.75, 3.05) is 6.61 Å². The summed E-state index contributed by atoms with van der Waals surface area (Å²) in [4.78, 5) is 23.0. The van der Waals surface area contributed by atoms with E-state index in [0.717, 1.165) is 25.0 Å². The number of para-hydroxylation sites is 1. The lowest BCUT2D eigenvalue weighted by Crippen LogP contribution is -2.07. The monoisotopic (exact) mass is 318 g/mol. The lowest BCUT2D eigenvalue weighted by atomic mass is 10.1. The van der Waals surface area contributed by atoms with Crippen molar-refractivity contribution >= 4 is 11.9 Å². The van der Waals surface area contributed by atoms with Gasteiger partial charge in [-0.25, -0.2) is 9.59 Å². The average Bonchev–Trinajstić information content (AvgIpc) is 2.56. The lowest BCUT2D eigenvalue weighted by molar-refractivity contribution is -0.138. The summed E-state index contributed by atoms with van der Waals surface area (Å²) < 4.78 is 10.1. The van der Waals surface area contributed by atoms with Gasteiger partial charge in [-0.1, -0.05) is 63.6 Å². The maximum atomic E-state index is 11.5. The van der Waals surface area contributed by atoms with Crippen LogP contribution in [0.25, 0.3) is 0 Å². The summed E-state index contributed by atoms with van der Waals surface area (Å²) in [6.45, 7) is 2.59. The zero-order chi connectivity index (χ0) is 16.8. The second-order valence-corrected chi connectivity index (χ2v) is 5.36. The normalized spacial score (nSPS) is 10.7. The highest BCUT2D eigenvalue weighted by Crippen LogP contribution is 2.09. The van der Waals surface area contributed by atoms with Crippen molar-refractivity contribution in [3.8, 4) is 5.75 Å². The molecule has 23 heavy (non-hydrogen) atoms. The van der Waals surface area contributed by atoms with Crippen LogP contribution in [0.1, 0.15) is 51.9 Å². The van der Waals surface area contributed by atoms with E-state index in [9.17, 15) is 9.59 Å². The van der Waals surface area contributed by atoms with E-state index >= 15 is 0 Å². The van der Waals surface area contributed by atoms with Crippen LogP contribution in [-0.2, 0) is 14.3 Å². The standard InChI is InChI=1S/C19H26O4/c1-2-3-4-5-6-7-11-16-22-18(20)14-15-19(21)23-17-12-9-8-10-13-17/h8-10,12-15H,2-7,11,16H2,1H3/b15-14-. The molecule has 1 aromatic carbocycles. The van der Waals surface area contributed by atoms with Crippen molar-refractivity contribution in [1.82, 2.24) is 0 Å². The Labute approximate surface area is 138 Å². The van der Waals surface area contributed by atoms with E-state index in [4.69, 9.17) is 9.47 Å². The summed E-state index contributed by atoms with van der Waals surface area (Å²) in [7, 11) is 0. The molecule has 4 heteroatoms. The van der Waals surface area contributed by atoms with E-state index in [-0.39, 0.29) is 0 Å². The number of carbonyl (C=O) groups excluding carboxylic acids is 2. The third-order valence-electron chi connectivity index (χ3n) is 3.31. The van der Waals surface area contributed by atoms with E-state index in [1.807, 2.05) is 6.07 Å². The summed E-state index contributed by atoms with van der Waals surface area (Å²) in [5, 5.41) is 0. The molecule has 0 fully saturated rings. The largest absolute Gasteiger partial charge is 0.463 e. The number of unbranched alkanes of at least 4 members (excludes halogenated alkanes) is 6. The van der Waals surface area contributed by atoms with E-state index < -0.39 is 11.9 Å². The van der Waals surface area contributed by atoms with Gasteiger partial charge in [0.1, 0.15) is 5.75 Å². The molecule has 0 spiro atoms. The number of esters is 2. The van der Waals surface area contributed by atoms with Crippen LogP contribution < -0.4 is 4.74 Å².